The van der Waals surface area contributed by atoms with Gasteiger partial charge in [-0.1, -0.05) is 0 Å². The summed E-state index contributed by atoms with van der Waals surface area (Å²) >= 11 is 1.66. The maximum absolute atomic E-state index is 5.48. The molecule has 0 amide bonds. The highest BCUT2D eigenvalue weighted by atomic mass is 32.1. The van der Waals surface area contributed by atoms with Crippen LogP contribution in [0.1, 0.15) is 11.9 Å². The fraction of sp³-hybridized carbons (Fsp3) is 0.400. The lowest BCUT2D eigenvalue weighted by molar-refractivity contribution is 0.660. The zero-order valence-electron chi connectivity index (χ0n) is 8.68. The number of hydrogen-bond acceptors (Lipinski definition) is 4. The summed E-state index contributed by atoms with van der Waals surface area (Å²) in [5, 5.41) is 7.37. The van der Waals surface area contributed by atoms with Gasteiger partial charge in [0.15, 0.2) is 0 Å². The Balaban J connectivity index is 2.21. The Morgan fingerprint density at radius 1 is 1.53 bits per heavy atom. The van der Waals surface area contributed by atoms with Crippen molar-refractivity contribution in [2.75, 3.05) is 6.54 Å². The van der Waals surface area contributed by atoms with Crippen molar-refractivity contribution in [3.05, 3.63) is 22.8 Å². The standard InChI is InChI=1S/C10H14N4S/c1-2-14-6-8(5-12-14)9-7-15-10(13-9)3-4-11/h5-7H,2-4,11H2,1H3. The second kappa shape index (κ2) is 4.55. The van der Waals surface area contributed by atoms with Crippen LogP contribution >= 0.6 is 11.3 Å². The van der Waals surface area contributed by atoms with Crippen molar-refractivity contribution in [2.45, 2.75) is 19.9 Å². The molecule has 0 spiro atoms. The molecule has 0 saturated carbocycles. The van der Waals surface area contributed by atoms with Crippen LogP contribution in [0.25, 0.3) is 11.3 Å². The fourth-order valence-corrected chi connectivity index (χ4v) is 2.17. The van der Waals surface area contributed by atoms with E-state index in [1.807, 2.05) is 17.1 Å². The zero-order valence-corrected chi connectivity index (χ0v) is 9.50. The van der Waals surface area contributed by atoms with E-state index >= 15 is 0 Å². The topological polar surface area (TPSA) is 56.7 Å². The fourth-order valence-electron chi connectivity index (χ4n) is 1.35. The first kappa shape index (κ1) is 10.3. The number of aryl methyl sites for hydroxylation is 1. The van der Waals surface area contributed by atoms with Gasteiger partial charge < -0.3 is 5.73 Å². The van der Waals surface area contributed by atoms with E-state index in [1.165, 1.54) is 0 Å². The van der Waals surface area contributed by atoms with E-state index in [-0.39, 0.29) is 0 Å². The smallest absolute Gasteiger partial charge is 0.0945 e. The Morgan fingerprint density at radius 3 is 3.07 bits per heavy atom. The minimum Gasteiger partial charge on any atom is -0.330 e. The Morgan fingerprint density at radius 2 is 2.40 bits per heavy atom. The van der Waals surface area contributed by atoms with Crippen LogP contribution in [0.4, 0.5) is 0 Å². The van der Waals surface area contributed by atoms with Gasteiger partial charge in [0.1, 0.15) is 0 Å². The Hall–Kier alpha value is -1.20. The van der Waals surface area contributed by atoms with Crippen molar-refractivity contribution < 1.29 is 0 Å². The third-order valence-electron chi connectivity index (χ3n) is 2.16. The van der Waals surface area contributed by atoms with Crippen molar-refractivity contribution in [1.29, 1.82) is 0 Å². The molecule has 0 aliphatic rings. The number of thiazole rings is 1. The molecule has 2 N–H and O–H groups in total. The van der Waals surface area contributed by atoms with Gasteiger partial charge in [0.05, 0.1) is 16.9 Å². The SMILES string of the molecule is CCn1cc(-c2csc(CCN)n2)cn1. The molecule has 5 heteroatoms. The third kappa shape index (κ3) is 2.24. The average Bonchev–Trinajstić information content (AvgIpc) is 2.85. The van der Waals surface area contributed by atoms with E-state index in [4.69, 9.17) is 5.73 Å². The molecule has 4 nitrogen and oxygen atoms in total. The molecular weight excluding hydrogens is 208 g/mol. The number of nitrogens with two attached hydrogens (primary N) is 1. The van der Waals surface area contributed by atoms with Crippen LogP contribution in [0.2, 0.25) is 0 Å². The van der Waals surface area contributed by atoms with Crippen molar-refractivity contribution in [3.63, 3.8) is 0 Å². The van der Waals surface area contributed by atoms with Gasteiger partial charge in [-0.05, 0) is 13.5 Å². The first-order valence-corrected chi connectivity index (χ1v) is 5.88. The number of nitrogens with zero attached hydrogens (tertiary/aromatic N) is 3. The molecule has 2 aromatic heterocycles. The summed E-state index contributed by atoms with van der Waals surface area (Å²) < 4.78 is 1.90. The second-order valence-corrected chi connectivity index (χ2v) is 4.19. The highest BCUT2D eigenvalue weighted by Crippen LogP contribution is 2.21. The summed E-state index contributed by atoms with van der Waals surface area (Å²) in [6, 6.07) is 0. The first-order chi connectivity index (χ1) is 7.33. The van der Waals surface area contributed by atoms with Crippen molar-refractivity contribution in [2.24, 2.45) is 5.73 Å². The predicted octanol–water partition coefficient (Wildman–Crippen LogP) is 1.53. The van der Waals surface area contributed by atoms with E-state index in [1.54, 1.807) is 11.3 Å². The lowest BCUT2D eigenvalue weighted by atomic mass is 10.3. The van der Waals surface area contributed by atoms with Gasteiger partial charge in [0.2, 0.25) is 0 Å². The van der Waals surface area contributed by atoms with E-state index in [9.17, 15) is 0 Å². The van der Waals surface area contributed by atoms with Gasteiger partial charge in [0.25, 0.3) is 0 Å². The quantitative estimate of drug-likeness (QED) is 0.853. The van der Waals surface area contributed by atoms with Gasteiger partial charge in [-0.2, -0.15) is 5.10 Å². The minimum absolute atomic E-state index is 0.654. The molecule has 0 aromatic carbocycles. The normalized spacial score (nSPS) is 10.8. The largest absolute Gasteiger partial charge is 0.330 e. The van der Waals surface area contributed by atoms with Gasteiger partial charge >= 0.3 is 0 Å². The summed E-state index contributed by atoms with van der Waals surface area (Å²) in [4.78, 5) is 4.50. The van der Waals surface area contributed by atoms with Gasteiger partial charge in [-0.15, -0.1) is 11.3 Å². The molecule has 0 bridgehead atoms. The van der Waals surface area contributed by atoms with E-state index in [0.717, 1.165) is 29.2 Å². The summed E-state index contributed by atoms with van der Waals surface area (Å²) in [5.41, 5.74) is 7.57. The summed E-state index contributed by atoms with van der Waals surface area (Å²) in [6.07, 6.45) is 4.72. The average molecular weight is 222 g/mol. The summed E-state index contributed by atoms with van der Waals surface area (Å²) in [5.74, 6) is 0. The Kier molecular flexibility index (Phi) is 3.13. The second-order valence-electron chi connectivity index (χ2n) is 3.25. The molecular formula is C10H14N4S. The zero-order chi connectivity index (χ0) is 10.7. The number of aromatic nitrogens is 3. The summed E-state index contributed by atoms with van der Waals surface area (Å²) in [7, 11) is 0. The van der Waals surface area contributed by atoms with E-state index in [2.05, 4.69) is 22.4 Å². The van der Waals surface area contributed by atoms with Crippen LogP contribution < -0.4 is 5.73 Å². The Bertz CT molecular complexity index is 432. The van der Waals surface area contributed by atoms with Crippen LogP contribution in [0.3, 0.4) is 0 Å². The maximum atomic E-state index is 5.48. The molecule has 0 fully saturated rings. The molecule has 2 rings (SSSR count). The van der Waals surface area contributed by atoms with Gasteiger partial charge in [0, 0.05) is 30.1 Å². The number of rotatable bonds is 4. The van der Waals surface area contributed by atoms with Crippen molar-refractivity contribution >= 4 is 11.3 Å². The van der Waals surface area contributed by atoms with Crippen LogP contribution in [-0.2, 0) is 13.0 Å². The molecule has 80 valence electrons. The third-order valence-corrected chi connectivity index (χ3v) is 3.07. The minimum atomic E-state index is 0.654. The molecule has 0 atom stereocenters. The summed E-state index contributed by atoms with van der Waals surface area (Å²) in [6.45, 7) is 3.61. The van der Waals surface area contributed by atoms with Gasteiger partial charge in [-0.3, -0.25) is 4.68 Å². The lowest BCUT2D eigenvalue weighted by Crippen LogP contribution is -2.01. The Labute approximate surface area is 92.8 Å². The molecule has 0 unspecified atom stereocenters. The van der Waals surface area contributed by atoms with Gasteiger partial charge in [-0.25, -0.2) is 4.98 Å². The van der Waals surface area contributed by atoms with Crippen LogP contribution in [0.5, 0.6) is 0 Å². The molecule has 15 heavy (non-hydrogen) atoms. The van der Waals surface area contributed by atoms with Crippen LogP contribution in [0, 0.1) is 0 Å². The highest BCUT2D eigenvalue weighted by Gasteiger charge is 2.05. The molecule has 0 radical (unpaired) electrons. The molecule has 0 aliphatic carbocycles. The number of hydrogen-bond donors (Lipinski definition) is 1. The van der Waals surface area contributed by atoms with Crippen LogP contribution in [-0.4, -0.2) is 21.3 Å². The van der Waals surface area contributed by atoms with E-state index in [0.29, 0.717) is 6.54 Å². The molecule has 2 heterocycles. The maximum Gasteiger partial charge on any atom is 0.0945 e. The molecule has 2 aromatic rings. The lowest BCUT2D eigenvalue weighted by Gasteiger charge is -1.91. The van der Waals surface area contributed by atoms with Crippen molar-refractivity contribution in [1.82, 2.24) is 14.8 Å². The molecule has 0 aliphatic heterocycles. The monoisotopic (exact) mass is 222 g/mol. The van der Waals surface area contributed by atoms with Crippen LogP contribution in [0.15, 0.2) is 17.8 Å². The molecule has 0 saturated heterocycles. The predicted molar refractivity (Wildman–Crippen MR) is 61.8 cm³/mol. The van der Waals surface area contributed by atoms with Crippen molar-refractivity contribution in [3.8, 4) is 11.3 Å². The first-order valence-electron chi connectivity index (χ1n) is 5.00. The van der Waals surface area contributed by atoms with E-state index < -0.39 is 0 Å². The highest BCUT2D eigenvalue weighted by molar-refractivity contribution is 7.09.